The summed E-state index contributed by atoms with van der Waals surface area (Å²) in [5.41, 5.74) is 3.88. The van der Waals surface area contributed by atoms with Gasteiger partial charge in [-0.25, -0.2) is 0 Å². The molecule has 2 rings (SSSR count). The summed E-state index contributed by atoms with van der Waals surface area (Å²) >= 11 is 6.44. The largest absolute Gasteiger partial charge is 0.453 e. The number of rotatable bonds is 15. The second kappa shape index (κ2) is 18.0. The van der Waals surface area contributed by atoms with Gasteiger partial charge in [0.25, 0.3) is 5.91 Å². The number of nitrogens with zero attached hydrogens (tertiary/aromatic N) is 1. The van der Waals surface area contributed by atoms with Crippen molar-refractivity contribution in [3.63, 3.8) is 0 Å². The average molecular weight is 583 g/mol. The molecule has 0 saturated heterocycles. The molecule has 0 aliphatic carbocycles. The van der Waals surface area contributed by atoms with Crippen molar-refractivity contribution in [3.05, 3.63) is 82.0 Å². The van der Waals surface area contributed by atoms with Crippen molar-refractivity contribution >= 4 is 30.5 Å². The number of nitrogens with one attached hydrogen (secondary N) is 1. The lowest BCUT2D eigenvalue weighted by Gasteiger charge is -2.34. The van der Waals surface area contributed by atoms with E-state index in [9.17, 15) is 9.59 Å². The summed E-state index contributed by atoms with van der Waals surface area (Å²) in [5, 5.41) is 21.5. The number of benzene rings is 1. The van der Waals surface area contributed by atoms with Gasteiger partial charge in [0.15, 0.2) is 0 Å². The molecule has 41 heavy (non-hydrogen) atoms. The van der Waals surface area contributed by atoms with Crippen LogP contribution in [-0.2, 0) is 4.79 Å². The Morgan fingerprint density at radius 1 is 1.17 bits per heavy atom. The molecule has 1 aliphatic rings. The Bertz CT molecular complexity index is 1110. The first-order chi connectivity index (χ1) is 19.6. The number of allylic oxidation sites excluding steroid dienone is 5. The minimum Gasteiger partial charge on any atom is -0.427 e. The Labute approximate surface area is 252 Å². The van der Waals surface area contributed by atoms with Crippen molar-refractivity contribution in [2.45, 2.75) is 79.0 Å². The van der Waals surface area contributed by atoms with E-state index >= 15 is 0 Å². The van der Waals surface area contributed by atoms with Crippen LogP contribution in [0.4, 0.5) is 0 Å². The standard InChI is InChI=1S/C33H48BClN2O4/c1-6-8-9-10-11-26-18-22-37(23-19-26)33(39)31(25(5)12-17-30(35)24(3)4)29(7-2)27-13-15-28(16-14-27)32(38)36-21-20-34(40)41/h6,8,12-18,24,29,31,40-41H,7,9-11,19-23H2,1-5H3,(H,36,38)/b8-6-,25-12+,30-17+. The van der Waals surface area contributed by atoms with Gasteiger partial charge in [-0.1, -0.05) is 80.0 Å². The van der Waals surface area contributed by atoms with Gasteiger partial charge in [0.2, 0.25) is 5.91 Å². The Balaban J connectivity index is 2.30. The van der Waals surface area contributed by atoms with Crippen LogP contribution in [0.15, 0.2) is 70.8 Å². The third-order valence-electron chi connectivity index (χ3n) is 7.66. The Kier molecular flexibility index (Phi) is 15.2. The van der Waals surface area contributed by atoms with Crippen molar-refractivity contribution in [1.82, 2.24) is 10.2 Å². The maximum absolute atomic E-state index is 14.1. The number of carbonyl (C=O) groups excluding carboxylic acids is 2. The van der Waals surface area contributed by atoms with Crippen LogP contribution >= 0.6 is 11.6 Å². The third kappa shape index (κ3) is 11.3. The molecule has 1 heterocycles. The van der Waals surface area contributed by atoms with Gasteiger partial charge in [-0.15, -0.1) is 0 Å². The van der Waals surface area contributed by atoms with Crippen molar-refractivity contribution in [2.24, 2.45) is 11.8 Å². The SMILES string of the molecule is C/C=C\CCCC1=CCN(C(=O)C(/C(C)=C/C=C(/Cl)C(C)C)C(CC)c2ccc(C(=O)NCCB(O)O)cc2)CC1. The molecule has 0 spiro atoms. The molecule has 1 aromatic carbocycles. The number of unbranched alkanes of at least 4 members (excludes halogenated alkanes) is 1. The molecule has 2 unspecified atom stereocenters. The highest BCUT2D eigenvalue weighted by Gasteiger charge is 2.33. The zero-order chi connectivity index (χ0) is 30.4. The fraction of sp³-hybridized carbons (Fsp3) is 0.515. The first-order valence-electron chi connectivity index (χ1n) is 14.9. The highest BCUT2D eigenvalue weighted by molar-refractivity contribution is 6.41. The molecule has 8 heteroatoms. The van der Waals surface area contributed by atoms with E-state index < -0.39 is 7.12 Å². The molecule has 224 valence electrons. The van der Waals surface area contributed by atoms with Crippen LogP contribution in [0, 0.1) is 11.8 Å². The number of hydrogen-bond donors (Lipinski definition) is 3. The van der Waals surface area contributed by atoms with E-state index in [-0.39, 0.29) is 42.4 Å². The van der Waals surface area contributed by atoms with Crippen LogP contribution in [-0.4, -0.2) is 53.5 Å². The highest BCUT2D eigenvalue weighted by Crippen LogP contribution is 2.36. The van der Waals surface area contributed by atoms with Crippen LogP contribution in [0.3, 0.4) is 0 Å². The number of carbonyl (C=O) groups is 2. The van der Waals surface area contributed by atoms with Crippen molar-refractivity contribution in [2.75, 3.05) is 19.6 Å². The van der Waals surface area contributed by atoms with Gasteiger partial charge in [0.1, 0.15) is 0 Å². The molecule has 6 nitrogen and oxygen atoms in total. The van der Waals surface area contributed by atoms with Gasteiger partial charge < -0.3 is 20.3 Å². The Morgan fingerprint density at radius 3 is 2.44 bits per heavy atom. The quantitative estimate of drug-likeness (QED) is 0.0937. The summed E-state index contributed by atoms with van der Waals surface area (Å²) in [6.07, 6.45) is 15.4. The topological polar surface area (TPSA) is 89.9 Å². The summed E-state index contributed by atoms with van der Waals surface area (Å²) in [4.78, 5) is 28.6. The van der Waals surface area contributed by atoms with E-state index in [2.05, 4.69) is 30.5 Å². The molecule has 1 aromatic rings. The number of amides is 2. The summed E-state index contributed by atoms with van der Waals surface area (Å²) in [6, 6.07) is 7.38. The highest BCUT2D eigenvalue weighted by atomic mass is 35.5. The summed E-state index contributed by atoms with van der Waals surface area (Å²) in [6.45, 7) is 11.8. The predicted molar refractivity (Wildman–Crippen MR) is 171 cm³/mol. The molecule has 0 aromatic heterocycles. The Hall–Kier alpha value is -2.61. The van der Waals surface area contributed by atoms with Gasteiger partial charge in [-0.3, -0.25) is 9.59 Å². The van der Waals surface area contributed by atoms with Crippen molar-refractivity contribution < 1.29 is 19.6 Å². The van der Waals surface area contributed by atoms with Crippen molar-refractivity contribution in [1.29, 1.82) is 0 Å². The second-order valence-corrected chi connectivity index (χ2v) is 11.6. The average Bonchev–Trinajstić information content (AvgIpc) is 2.96. The minimum atomic E-state index is -1.45. The van der Waals surface area contributed by atoms with Crippen LogP contribution in [0.2, 0.25) is 6.32 Å². The third-order valence-corrected chi connectivity index (χ3v) is 8.23. The fourth-order valence-electron chi connectivity index (χ4n) is 5.10. The normalized spacial score (nSPS) is 16.1. The minimum absolute atomic E-state index is 0.0653. The molecule has 1 aliphatic heterocycles. The first-order valence-corrected chi connectivity index (χ1v) is 15.3. The maximum atomic E-state index is 14.1. The summed E-state index contributed by atoms with van der Waals surface area (Å²) in [5.74, 6) is -0.381. The fourth-order valence-corrected chi connectivity index (χ4v) is 5.17. The lowest BCUT2D eigenvalue weighted by molar-refractivity contribution is -0.134. The van der Waals surface area contributed by atoms with E-state index in [4.69, 9.17) is 21.6 Å². The molecule has 2 amide bonds. The monoisotopic (exact) mass is 582 g/mol. The molecular formula is C33H48BClN2O4. The zero-order valence-electron chi connectivity index (χ0n) is 25.4. The van der Waals surface area contributed by atoms with E-state index in [1.165, 1.54) is 5.57 Å². The van der Waals surface area contributed by atoms with Crippen LogP contribution in [0.5, 0.6) is 0 Å². The van der Waals surface area contributed by atoms with Crippen molar-refractivity contribution in [3.8, 4) is 0 Å². The molecule has 3 N–H and O–H groups in total. The second-order valence-electron chi connectivity index (χ2n) is 11.1. The van der Waals surface area contributed by atoms with E-state index in [0.29, 0.717) is 12.1 Å². The van der Waals surface area contributed by atoms with Gasteiger partial charge >= 0.3 is 7.12 Å². The number of halogens is 1. The van der Waals surface area contributed by atoms with Crippen LogP contribution in [0.1, 0.15) is 88.6 Å². The first kappa shape index (κ1) is 34.6. The summed E-state index contributed by atoms with van der Waals surface area (Å²) < 4.78 is 0. The number of hydrogen-bond acceptors (Lipinski definition) is 4. The van der Waals surface area contributed by atoms with Gasteiger partial charge in [-0.2, -0.15) is 0 Å². The molecule has 0 saturated carbocycles. The predicted octanol–water partition coefficient (Wildman–Crippen LogP) is 6.63. The molecule has 0 bridgehead atoms. The molecule has 0 radical (unpaired) electrons. The molecule has 2 atom stereocenters. The van der Waals surface area contributed by atoms with E-state index in [0.717, 1.165) is 54.8 Å². The van der Waals surface area contributed by atoms with Gasteiger partial charge in [0, 0.05) is 30.2 Å². The van der Waals surface area contributed by atoms with Crippen LogP contribution in [0.25, 0.3) is 0 Å². The van der Waals surface area contributed by atoms with E-state index in [1.54, 1.807) is 12.1 Å². The smallest absolute Gasteiger partial charge is 0.427 e. The zero-order valence-corrected chi connectivity index (χ0v) is 26.2. The maximum Gasteiger partial charge on any atom is 0.453 e. The lowest BCUT2D eigenvalue weighted by atomic mass is 9.78. The van der Waals surface area contributed by atoms with Gasteiger partial charge in [0.05, 0.1) is 5.92 Å². The summed E-state index contributed by atoms with van der Waals surface area (Å²) in [7, 11) is -1.45. The Morgan fingerprint density at radius 2 is 1.88 bits per heavy atom. The molecular weight excluding hydrogens is 535 g/mol. The van der Waals surface area contributed by atoms with Gasteiger partial charge in [-0.05, 0) is 87.9 Å². The lowest BCUT2D eigenvalue weighted by Crippen LogP contribution is -2.41. The van der Waals surface area contributed by atoms with Crippen LogP contribution < -0.4 is 5.32 Å². The molecule has 0 fully saturated rings. The van der Waals surface area contributed by atoms with E-state index in [1.807, 2.05) is 56.9 Å².